The monoisotopic (exact) mass is 370 g/mol. The van der Waals surface area contributed by atoms with E-state index >= 15 is 0 Å². The normalized spacial score (nSPS) is 12.7. The highest BCUT2D eigenvalue weighted by molar-refractivity contribution is 7.90. The molecule has 1 unspecified atom stereocenters. The van der Waals surface area contributed by atoms with Crippen molar-refractivity contribution in [1.82, 2.24) is 0 Å². The van der Waals surface area contributed by atoms with Crippen molar-refractivity contribution in [3.05, 3.63) is 78.4 Å². The third-order valence-corrected chi connectivity index (χ3v) is 6.45. The first-order valence-electron chi connectivity index (χ1n) is 7.73. The Kier molecular flexibility index (Phi) is 4.88. The Morgan fingerprint density at radius 3 is 1.52 bits per heavy atom. The Morgan fingerprint density at radius 2 is 1.08 bits per heavy atom. The van der Waals surface area contributed by atoms with Crippen LogP contribution >= 0.6 is 0 Å². The molecule has 0 aliphatic rings. The molecule has 25 heavy (non-hydrogen) atoms. The third-order valence-electron chi connectivity index (χ3n) is 3.92. The molecule has 3 rings (SSSR count). The highest BCUT2D eigenvalue weighted by atomic mass is 32.2. The zero-order valence-electron chi connectivity index (χ0n) is 14.0. The van der Waals surface area contributed by atoms with Crippen LogP contribution in [0, 0.1) is 6.92 Å². The van der Waals surface area contributed by atoms with Crippen molar-refractivity contribution in [1.29, 1.82) is 0 Å². The summed E-state index contributed by atoms with van der Waals surface area (Å²) in [4.78, 5) is 1.81. The van der Waals surface area contributed by atoms with Crippen LogP contribution in [0.25, 0.3) is 11.1 Å². The molecule has 5 heteroatoms. The van der Waals surface area contributed by atoms with Gasteiger partial charge in [-0.3, -0.25) is 0 Å². The molecule has 3 aromatic rings. The lowest BCUT2D eigenvalue weighted by Gasteiger charge is -2.06. The molecular formula is C20H18O3S2. The summed E-state index contributed by atoms with van der Waals surface area (Å²) < 4.78 is 35.6. The lowest BCUT2D eigenvalue weighted by molar-refractivity contribution is 0.602. The molecule has 0 aliphatic heterocycles. The second-order valence-corrected chi connectivity index (χ2v) is 9.40. The first-order chi connectivity index (χ1) is 11.8. The molecular weight excluding hydrogens is 352 g/mol. The second-order valence-electron chi connectivity index (χ2n) is 5.90. The largest absolute Gasteiger partial charge is 0.249 e. The number of benzene rings is 3. The van der Waals surface area contributed by atoms with Crippen LogP contribution in [-0.4, -0.2) is 18.9 Å². The van der Waals surface area contributed by atoms with Crippen molar-refractivity contribution in [3.63, 3.8) is 0 Å². The van der Waals surface area contributed by atoms with Crippen LogP contribution < -0.4 is 0 Å². The van der Waals surface area contributed by atoms with Gasteiger partial charge in [0.05, 0.1) is 15.7 Å². The third kappa shape index (κ3) is 4.06. The maximum Gasteiger partial charge on any atom is 0.175 e. The van der Waals surface area contributed by atoms with Gasteiger partial charge < -0.3 is 0 Å². The van der Waals surface area contributed by atoms with Crippen LogP contribution in [0.2, 0.25) is 0 Å². The smallest absolute Gasteiger partial charge is 0.175 e. The van der Waals surface area contributed by atoms with E-state index < -0.39 is 20.6 Å². The predicted molar refractivity (Wildman–Crippen MR) is 101 cm³/mol. The van der Waals surface area contributed by atoms with Crippen molar-refractivity contribution in [3.8, 4) is 11.1 Å². The summed E-state index contributed by atoms with van der Waals surface area (Å²) in [5.74, 6) is 0. The van der Waals surface area contributed by atoms with E-state index in [9.17, 15) is 12.6 Å². The molecule has 3 aromatic carbocycles. The molecule has 128 valence electrons. The van der Waals surface area contributed by atoms with Gasteiger partial charge in [-0.2, -0.15) is 0 Å². The maximum absolute atomic E-state index is 12.6. The molecule has 0 N–H and O–H groups in total. The first kappa shape index (κ1) is 17.6. The molecule has 0 amide bonds. The molecule has 0 saturated carbocycles. The van der Waals surface area contributed by atoms with Crippen molar-refractivity contribution in [2.75, 3.05) is 6.26 Å². The zero-order chi connectivity index (χ0) is 18.0. The van der Waals surface area contributed by atoms with Gasteiger partial charge in [0, 0.05) is 16.0 Å². The van der Waals surface area contributed by atoms with Gasteiger partial charge in [0.1, 0.15) is 0 Å². The molecule has 0 saturated heterocycles. The fraction of sp³-hybridized carbons (Fsp3) is 0.100. The number of hydrogen-bond donors (Lipinski definition) is 0. The van der Waals surface area contributed by atoms with Crippen molar-refractivity contribution < 1.29 is 12.6 Å². The minimum Gasteiger partial charge on any atom is -0.249 e. The average Bonchev–Trinajstić information content (AvgIpc) is 2.61. The average molecular weight is 370 g/mol. The van der Waals surface area contributed by atoms with E-state index in [0.717, 1.165) is 26.5 Å². The van der Waals surface area contributed by atoms with E-state index in [4.69, 9.17) is 0 Å². The molecule has 0 aromatic heterocycles. The molecule has 0 fully saturated rings. The Balaban J connectivity index is 1.85. The molecule has 0 radical (unpaired) electrons. The zero-order valence-corrected chi connectivity index (χ0v) is 15.6. The standard InChI is InChI=1S/C20H18O3S2/c1-15-3-9-18(10-4-15)24(21)19-11-5-16(6-12-19)17-7-13-20(14-8-17)25(2,22)23/h3-14H,1-2H3. The Hall–Kier alpha value is -2.24. The molecule has 0 heterocycles. The van der Waals surface area contributed by atoms with Crippen molar-refractivity contribution in [2.24, 2.45) is 0 Å². The highest BCUT2D eigenvalue weighted by Gasteiger charge is 2.09. The molecule has 0 bridgehead atoms. The molecule has 1 atom stereocenters. The van der Waals surface area contributed by atoms with Crippen LogP contribution in [0.5, 0.6) is 0 Å². The summed E-state index contributed by atoms with van der Waals surface area (Å²) >= 11 is 0. The van der Waals surface area contributed by atoms with Gasteiger partial charge in [-0.25, -0.2) is 12.6 Å². The number of sulfone groups is 1. The van der Waals surface area contributed by atoms with E-state index in [2.05, 4.69) is 0 Å². The molecule has 3 nitrogen and oxygen atoms in total. The summed E-state index contributed by atoms with van der Waals surface area (Å²) in [6, 6.07) is 21.9. The van der Waals surface area contributed by atoms with Gasteiger partial charge in [-0.15, -0.1) is 0 Å². The lowest BCUT2D eigenvalue weighted by Crippen LogP contribution is -1.96. The van der Waals surface area contributed by atoms with Gasteiger partial charge in [0.15, 0.2) is 9.84 Å². The summed E-state index contributed by atoms with van der Waals surface area (Å²) in [6.45, 7) is 2.00. The first-order valence-corrected chi connectivity index (χ1v) is 10.8. The summed E-state index contributed by atoms with van der Waals surface area (Å²) in [7, 11) is -4.41. The highest BCUT2D eigenvalue weighted by Crippen LogP contribution is 2.24. The van der Waals surface area contributed by atoms with Gasteiger partial charge in [0.25, 0.3) is 0 Å². The molecule has 0 aliphatic carbocycles. The predicted octanol–water partition coefficient (Wildman–Crippen LogP) is 4.23. The van der Waals surface area contributed by atoms with Gasteiger partial charge in [0.2, 0.25) is 0 Å². The quantitative estimate of drug-likeness (QED) is 0.690. The summed E-state index contributed by atoms with van der Waals surface area (Å²) in [5.41, 5.74) is 3.00. The van der Waals surface area contributed by atoms with E-state index in [1.54, 1.807) is 24.3 Å². The number of rotatable bonds is 4. The van der Waals surface area contributed by atoms with Crippen LogP contribution in [0.3, 0.4) is 0 Å². The maximum atomic E-state index is 12.6. The van der Waals surface area contributed by atoms with Crippen LogP contribution in [-0.2, 0) is 20.6 Å². The molecule has 0 spiro atoms. The van der Waals surface area contributed by atoms with E-state index in [1.165, 1.54) is 6.26 Å². The SMILES string of the molecule is Cc1ccc(S(=O)c2ccc(-c3ccc(S(C)(=O)=O)cc3)cc2)cc1. The van der Waals surface area contributed by atoms with Crippen LogP contribution in [0.15, 0.2) is 87.5 Å². The fourth-order valence-corrected chi connectivity index (χ4v) is 4.13. The van der Waals surface area contributed by atoms with Gasteiger partial charge in [-0.05, 0) is 54.4 Å². The Labute approximate surface area is 150 Å². The number of hydrogen-bond acceptors (Lipinski definition) is 3. The van der Waals surface area contributed by atoms with E-state index in [1.807, 2.05) is 55.5 Å². The van der Waals surface area contributed by atoms with Crippen LogP contribution in [0.1, 0.15) is 5.56 Å². The summed E-state index contributed by atoms with van der Waals surface area (Å²) in [5, 5.41) is 0. The van der Waals surface area contributed by atoms with Crippen molar-refractivity contribution >= 4 is 20.6 Å². The Bertz CT molecular complexity index is 1000. The minimum atomic E-state index is -3.19. The second kappa shape index (κ2) is 6.94. The summed E-state index contributed by atoms with van der Waals surface area (Å²) in [6.07, 6.45) is 1.19. The van der Waals surface area contributed by atoms with Gasteiger partial charge in [-0.1, -0.05) is 42.0 Å². The van der Waals surface area contributed by atoms with E-state index in [-0.39, 0.29) is 0 Å². The van der Waals surface area contributed by atoms with Crippen molar-refractivity contribution in [2.45, 2.75) is 21.6 Å². The topological polar surface area (TPSA) is 51.2 Å². The lowest BCUT2D eigenvalue weighted by atomic mass is 10.1. The minimum absolute atomic E-state index is 0.299. The Morgan fingerprint density at radius 1 is 0.680 bits per heavy atom. The van der Waals surface area contributed by atoms with E-state index in [0.29, 0.717) is 4.90 Å². The van der Waals surface area contributed by atoms with Crippen LogP contribution in [0.4, 0.5) is 0 Å². The number of aryl methyl sites for hydroxylation is 1. The fourth-order valence-electron chi connectivity index (χ4n) is 2.46. The van der Waals surface area contributed by atoms with Gasteiger partial charge >= 0.3 is 0 Å².